The van der Waals surface area contributed by atoms with Gasteiger partial charge in [0.1, 0.15) is 23.9 Å². The number of carboxylic acid groups (broad SMARTS) is 1. The number of nitrogens with one attached hydrogen (secondary N) is 1. The number of fused-ring (bicyclic) bond motifs is 4. The SMILES string of the molecule is Cc1c2ccc3c1CN(C3)C(=O)OC1CC(C(=O)O)N(C1)C(=O)C(C(C)(C)C)NC(=O)OCCCCCCCO2. The minimum Gasteiger partial charge on any atom is -0.493 e. The number of aliphatic carboxylic acids is 1. The summed E-state index contributed by atoms with van der Waals surface area (Å²) in [7, 11) is 0. The summed E-state index contributed by atoms with van der Waals surface area (Å²) >= 11 is 0. The highest BCUT2D eigenvalue weighted by Gasteiger charge is 2.46. The van der Waals surface area contributed by atoms with Gasteiger partial charge in [-0.25, -0.2) is 14.4 Å². The van der Waals surface area contributed by atoms with E-state index in [2.05, 4.69) is 5.32 Å². The van der Waals surface area contributed by atoms with E-state index in [0.717, 1.165) is 48.1 Å². The minimum absolute atomic E-state index is 0.0358. The average Bonchev–Trinajstić information content (AvgIpc) is 3.51. The number of amides is 3. The molecule has 220 valence electrons. The van der Waals surface area contributed by atoms with Gasteiger partial charge in [0.25, 0.3) is 0 Å². The molecule has 0 spiro atoms. The molecule has 3 unspecified atom stereocenters. The highest BCUT2D eigenvalue weighted by Crippen LogP contribution is 2.33. The van der Waals surface area contributed by atoms with Gasteiger partial charge in [0, 0.05) is 13.0 Å². The second-order valence-electron chi connectivity index (χ2n) is 12.0. The van der Waals surface area contributed by atoms with Crippen molar-refractivity contribution < 1.29 is 38.5 Å². The van der Waals surface area contributed by atoms with Crippen LogP contribution in [-0.2, 0) is 32.2 Å². The van der Waals surface area contributed by atoms with E-state index < -0.39 is 47.7 Å². The van der Waals surface area contributed by atoms with Crippen LogP contribution in [0.3, 0.4) is 0 Å². The first-order chi connectivity index (χ1) is 19.0. The van der Waals surface area contributed by atoms with Gasteiger partial charge in [-0.2, -0.15) is 0 Å². The van der Waals surface area contributed by atoms with Gasteiger partial charge >= 0.3 is 18.2 Å². The smallest absolute Gasteiger partial charge is 0.410 e. The predicted octanol–water partition coefficient (Wildman–Crippen LogP) is 3.99. The van der Waals surface area contributed by atoms with Gasteiger partial charge in [-0.05, 0) is 47.9 Å². The average molecular weight is 560 g/mol. The van der Waals surface area contributed by atoms with Crippen molar-refractivity contribution in [1.29, 1.82) is 0 Å². The van der Waals surface area contributed by atoms with Gasteiger partial charge in [0.2, 0.25) is 5.91 Å². The van der Waals surface area contributed by atoms with Gasteiger partial charge in [-0.15, -0.1) is 0 Å². The molecule has 1 saturated heterocycles. The molecule has 11 heteroatoms. The summed E-state index contributed by atoms with van der Waals surface area (Å²) in [6.07, 6.45) is 2.34. The van der Waals surface area contributed by atoms with Crippen LogP contribution in [0.25, 0.3) is 0 Å². The fraction of sp³-hybridized carbons (Fsp3) is 0.655. The van der Waals surface area contributed by atoms with Gasteiger partial charge in [0.05, 0.1) is 26.3 Å². The molecule has 0 radical (unpaired) electrons. The predicted molar refractivity (Wildman–Crippen MR) is 145 cm³/mol. The van der Waals surface area contributed by atoms with Crippen LogP contribution in [0.15, 0.2) is 12.1 Å². The second kappa shape index (κ2) is 12.3. The second-order valence-corrected chi connectivity index (χ2v) is 12.0. The summed E-state index contributed by atoms with van der Waals surface area (Å²) in [4.78, 5) is 54.2. The summed E-state index contributed by atoms with van der Waals surface area (Å²) in [5.41, 5.74) is 2.33. The van der Waals surface area contributed by atoms with Crippen LogP contribution in [0, 0.1) is 12.3 Å². The maximum atomic E-state index is 13.6. The highest BCUT2D eigenvalue weighted by atomic mass is 16.6. The largest absolute Gasteiger partial charge is 0.493 e. The quantitative estimate of drug-likeness (QED) is 0.528. The van der Waals surface area contributed by atoms with Crippen LogP contribution in [0.4, 0.5) is 9.59 Å². The van der Waals surface area contributed by atoms with Gasteiger partial charge in [0.15, 0.2) is 0 Å². The molecular formula is C29H41N3O8. The Morgan fingerprint density at radius 3 is 2.35 bits per heavy atom. The lowest BCUT2D eigenvalue weighted by Gasteiger charge is -2.34. The molecular weight excluding hydrogens is 518 g/mol. The molecule has 1 aromatic rings. The van der Waals surface area contributed by atoms with Crippen molar-refractivity contribution in [2.75, 3.05) is 19.8 Å². The number of benzene rings is 1. The van der Waals surface area contributed by atoms with E-state index in [1.807, 2.05) is 19.1 Å². The Bertz CT molecular complexity index is 1130. The van der Waals surface area contributed by atoms with E-state index in [1.54, 1.807) is 25.7 Å². The number of hydrogen-bond acceptors (Lipinski definition) is 7. The van der Waals surface area contributed by atoms with E-state index >= 15 is 0 Å². The topological polar surface area (TPSA) is 135 Å². The minimum atomic E-state index is -1.19. The Hall–Kier alpha value is -3.50. The van der Waals surface area contributed by atoms with Gasteiger partial charge in [-0.1, -0.05) is 46.1 Å². The Balaban J connectivity index is 1.54. The van der Waals surface area contributed by atoms with Crippen molar-refractivity contribution >= 4 is 24.1 Å². The third-order valence-corrected chi connectivity index (χ3v) is 7.87. The number of nitrogens with zero attached hydrogens (tertiary/aromatic N) is 2. The van der Waals surface area contributed by atoms with Crippen LogP contribution < -0.4 is 10.1 Å². The number of carbonyl (C=O) groups excluding carboxylic acids is 3. The van der Waals surface area contributed by atoms with E-state index in [1.165, 1.54) is 4.90 Å². The number of carbonyl (C=O) groups is 4. The zero-order valence-electron chi connectivity index (χ0n) is 23.9. The molecule has 3 aliphatic rings. The molecule has 3 amide bonds. The number of cyclic esters (lactones) is 1. The summed E-state index contributed by atoms with van der Waals surface area (Å²) in [5.74, 6) is -0.944. The molecule has 40 heavy (non-hydrogen) atoms. The van der Waals surface area contributed by atoms with Crippen molar-refractivity contribution in [1.82, 2.24) is 15.1 Å². The van der Waals surface area contributed by atoms with E-state index in [9.17, 15) is 24.3 Å². The van der Waals surface area contributed by atoms with Crippen molar-refractivity contribution in [3.63, 3.8) is 0 Å². The lowest BCUT2D eigenvalue weighted by atomic mass is 9.85. The van der Waals surface area contributed by atoms with Crippen molar-refractivity contribution in [3.05, 3.63) is 28.8 Å². The number of alkyl carbamates (subject to hydrolysis) is 1. The standard InChI is InChI=1S/C29H41N3O8/c1-18-21-17-31-15-19(21)10-11-23(18)38-12-8-6-5-7-9-13-39-27(36)30-24(29(2,3)4)25(33)32-16-20(40-28(31)37)14-22(32)26(34)35/h10-11,20,22,24H,5-9,12-17H2,1-4H3,(H,30,36)(H,34,35). The van der Waals surface area contributed by atoms with Crippen LogP contribution in [0.1, 0.15) is 76.0 Å². The summed E-state index contributed by atoms with van der Waals surface area (Å²) in [5, 5.41) is 12.5. The van der Waals surface area contributed by atoms with Crippen LogP contribution >= 0.6 is 0 Å². The maximum Gasteiger partial charge on any atom is 0.410 e. The monoisotopic (exact) mass is 559 g/mol. The van der Waals surface area contributed by atoms with Crippen LogP contribution in [0.5, 0.6) is 5.75 Å². The third kappa shape index (κ3) is 6.79. The lowest BCUT2D eigenvalue weighted by molar-refractivity contribution is -0.150. The Kier molecular flexibility index (Phi) is 9.10. The number of hydrogen-bond donors (Lipinski definition) is 2. The van der Waals surface area contributed by atoms with Crippen LogP contribution in [0.2, 0.25) is 0 Å². The first-order valence-corrected chi connectivity index (χ1v) is 14.1. The zero-order chi connectivity index (χ0) is 29.0. The Morgan fingerprint density at radius 1 is 1.00 bits per heavy atom. The first-order valence-electron chi connectivity index (χ1n) is 14.1. The van der Waals surface area contributed by atoms with Crippen molar-refractivity contribution in [2.24, 2.45) is 5.41 Å². The van der Waals surface area contributed by atoms with Crippen molar-refractivity contribution in [3.8, 4) is 5.75 Å². The molecule has 0 aliphatic carbocycles. The van der Waals surface area contributed by atoms with Crippen LogP contribution in [-0.4, -0.2) is 76.9 Å². The molecule has 0 aromatic heterocycles. The molecule has 3 heterocycles. The molecule has 1 fully saturated rings. The molecule has 1 aromatic carbocycles. The fourth-order valence-corrected chi connectivity index (χ4v) is 5.53. The molecule has 3 atom stereocenters. The normalized spacial score (nSPS) is 25.2. The molecule has 3 aliphatic heterocycles. The number of ether oxygens (including phenoxy) is 3. The molecule has 4 rings (SSSR count). The highest BCUT2D eigenvalue weighted by molar-refractivity contribution is 5.90. The lowest BCUT2D eigenvalue weighted by Crippen LogP contribution is -2.57. The maximum absolute atomic E-state index is 13.6. The Morgan fingerprint density at radius 2 is 1.68 bits per heavy atom. The molecule has 0 saturated carbocycles. The number of rotatable bonds is 1. The van der Waals surface area contributed by atoms with E-state index in [0.29, 0.717) is 26.1 Å². The summed E-state index contributed by atoms with van der Waals surface area (Å²) in [6, 6.07) is 1.70. The number of carboxylic acids is 1. The molecule has 11 nitrogen and oxygen atoms in total. The zero-order valence-corrected chi connectivity index (χ0v) is 23.9. The fourth-order valence-electron chi connectivity index (χ4n) is 5.53. The Labute approximate surface area is 235 Å². The summed E-state index contributed by atoms with van der Waals surface area (Å²) < 4.78 is 17.1. The molecule has 2 N–H and O–H groups in total. The van der Waals surface area contributed by atoms with Crippen molar-refractivity contribution in [2.45, 2.75) is 97.5 Å². The van der Waals surface area contributed by atoms with Gasteiger partial charge in [-0.3, -0.25) is 9.69 Å². The molecule has 5 bridgehead atoms. The van der Waals surface area contributed by atoms with E-state index in [4.69, 9.17) is 14.2 Å². The van der Waals surface area contributed by atoms with E-state index in [-0.39, 0.29) is 19.6 Å². The van der Waals surface area contributed by atoms with Gasteiger partial charge < -0.3 is 29.5 Å². The first kappa shape index (κ1) is 29.5. The summed E-state index contributed by atoms with van der Waals surface area (Å²) in [6.45, 7) is 8.83. The third-order valence-electron chi connectivity index (χ3n) is 7.87.